The van der Waals surface area contributed by atoms with Crippen molar-refractivity contribution >= 4 is 39.2 Å². The van der Waals surface area contributed by atoms with Crippen LogP contribution in [0, 0.1) is 0 Å². The molecule has 0 aliphatic carbocycles. The Morgan fingerprint density at radius 3 is 2.85 bits per heavy atom. The fourth-order valence-electron chi connectivity index (χ4n) is 0.762. The number of hydrogen-bond acceptors (Lipinski definition) is 3. The SMILES string of the molecule is Nc1cc(Br)ccc1OC(=O)CCl. The third-order valence-corrected chi connectivity index (χ3v) is 2.02. The van der Waals surface area contributed by atoms with Gasteiger partial charge < -0.3 is 10.5 Å². The first-order valence-electron chi connectivity index (χ1n) is 3.45. The van der Waals surface area contributed by atoms with E-state index in [0.717, 1.165) is 4.47 Å². The third kappa shape index (κ3) is 2.90. The molecule has 0 aliphatic heterocycles. The topological polar surface area (TPSA) is 52.3 Å². The lowest BCUT2D eigenvalue weighted by molar-refractivity contribution is -0.131. The summed E-state index contributed by atoms with van der Waals surface area (Å²) in [4.78, 5) is 10.8. The highest BCUT2D eigenvalue weighted by Gasteiger charge is 2.05. The number of hydrogen-bond donors (Lipinski definition) is 1. The second-order valence-electron chi connectivity index (χ2n) is 2.29. The van der Waals surface area contributed by atoms with Gasteiger partial charge in [0.2, 0.25) is 0 Å². The van der Waals surface area contributed by atoms with Crippen LogP contribution in [0.5, 0.6) is 5.75 Å². The molecule has 0 saturated carbocycles. The van der Waals surface area contributed by atoms with Gasteiger partial charge in [0.15, 0.2) is 5.75 Å². The zero-order valence-corrected chi connectivity index (χ0v) is 8.93. The first-order valence-corrected chi connectivity index (χ1v) is 4.78. The number of ether oxygens (including phenoxy) is 1. The van der Waals surface area contributed by atoms with Crippen molar-refractivity contribution in [2.24, 2.45) is 0 Å². The van der Waals surface area contributed by atoms with Crippen LogP contribution in [0.25, 0.3) is 0 Å². The van der Waals surface area contributed by atoms with E-state index in [4.69, 9.17) is 22.1 Å². The first-order chi connectivity index (χ1) is 6.13. The summed E-state index contributed by atoms with van der Waals surface area (Å²) >= 11 is 8.49. The van der Waals surface area contributed by atoms with Crippen molar-refractivity contribution in [1.29, 1.82) is 0 Å². The average Bonchev–Trinajstić information content (AvgIpc) is 2.09. The number of halogens is 2. The lowest BCUT2D eigenvalue weighted by Crippen LogP contribution is -2.10. The lowest BCUT2D eigenvalue weighted by Gasteiger charge is -2.05. The molecule has 0 bridgehead atoms. The fourth-order valence-corrected chi connectivity index (χ4v) is 1.20. The quantitative estimate of drug-likeness (QED) is 0.385. The Hall–Kier alpha value is -0.740. The van der Waals surface area contributed by atoms with Crippen LogP contribution in [0.3, 0.4) is 0 Å². The minimum Gasteiger partial charge on any atom is -0.423 e. The second kappa shape index (κ2) is 4.48. The van der Waals surface area contributed by atoms with Gasteiger partial charge in [0, 0.05) is 4.47 Å². The number of alkyl halides is 1. The lowest BCUT2D eigenvalue weighted by atomic mass is 10.3. The molecule has 13 heavy (non-hydrogen) atoms. The fraction of sp³-hybridized carbons (Fsp3) is 0.125. The molecular weight excluding hydrogens is 257 g/mol. The molecule has 0 spiro atoms. The molecule has 3 nitrogen and oxygen atoms in total. The van der Waals surface area contributed by atoms with Crippen molar-refractivity contribution in [3.8, 4) is 5.75 Å². The molecule has 0 aliphatic rings. The Balaban J connectivity index is 2.83. The highest BCUT2D eigenvalue weighted by Crippen LogP contribution is 2.25. The van der Waals surface area contributed by atoms with Gasteiger partial charge in [-0.05, 0) is 18.2 Å². The zero-order chi connectivity index (χ0) is 9.84. The van der Waals surface area contributed by atoms with Gasteiger partial charge in [-0.2, -0.15) is 0 Å². The molecule has 1 aromatic rings. The van der Waals surface area contributed by atoms with E-state index >= 15 is 0 Å². The van der Waals surface area contributed by atoms with E-state index in [1.165, 1.54) is 0 Å². The number of esters is 1. The van der Waals surface area contributed by atoms with E-state index in [9.17, 15) is 4.79 Å². The smallest absolute Gasteiger partial charge is 0.326 e. The number of carbonyl (C=O) groups is 1. The number of carbonyl (C=O) groups excluding carboxylic acids is 1. The van der Waals surface area contributed by atoms with E-state index in [2.05, 4.69) is 15.9 Å². The van der Waals surface area contributed by atoms with Crippen LogP contribution in [-0.4, -0.2) is 11.8 Å². The molecule has 0 aromatic heterocycles. The summed E-state index contributed by atoms with van der Waals surface area (Å²) in [5.41, 5.74) is 5.97. The minimum absolute atomic E-state index is 0.185. The third-order valence-electron chi connectivity index (χ3n) is 1.30. The Morgan fingerprint density at radius 1 is 1.62 bits per heavy atom. The molecule has 2 N–H and O–H groups in total. The summed E-state index contributed by atoms with van der Waals surface area (Å²) < 4.78 is 5.66. The van der Waals surface area contributed by atoms with Crippen LogP contribution in [0.1, 0.15) is 0 Å². The van der Waals surface area contributed by atoms with Crippen molar-refractivity contribution in [2.75, 3.05) is 11.6 Å². The molecule has 1 rings (SSSR count). The molecule has 0 radical (unpaired) electrons. The number of nitrogen functional groups attached to an aromatic ring is 1. The van der Waals surface area contributed by atoms with E-state index in [1.54, 1.807) is 18.2 Å². The summed E-state index contributed by atoms with van der Waals surface area (Å²) in [6.45, 7) is 0. The summed E-state index contributed by atoms with van der Waals surface area (Å²) in [5, 5.41) is 0. The van der Waals surface area contributed by atoms with Crippen LogP contribution in [0.2, 0.25) is 0 Å². The van der Waals surface area contributed by atoms with Crippen LogP contribution < -0.4 is 10.5 Å². The molecule has 1 aromatic carbocycles. The Labute approximate surface area is 88.9 Å². The molecule has 0 fully saturated rings. The monoisotopic (exact) mass is 263 g/mol. The Bertz CT molecular complexity index is 330. The second-order valence-corrected chi connectivity index (χ2v) is 3.47. The molecule has 70 valence electrons. The van der Waals surface area contributed by atoms with Gasteiger partial charge in [0.05, 0.1) is 5.69 Å². The van der Waals surface area contributed by atoms with Crippen molar-refractivity contribution in [1.82, 2.24) is 0 Å². The standard InChI is InChI=1S/C8H7BrClNO2/c9-5-1-2-7(6(11)3-5)13-8(12)4-10/h1-3H,4,11H2. The number of anilines is 1. The van der Waals surface area contributed by atoms with Gasteiger partial charge >= 0.3 is 5.97 Å². The molecule has 5 heteroatoms. The van der Waals surface area contributed by atoms with Crippen molar-refractivity contribution < 1.29 is 9.53 Å². The van der Waals surface area contributed by atoms with E-state index < -0.39 is 5.97 Å². The molecule has 0 saturated heterocycles. The molecule has 0 unspecified atom stereocenters. The molecular formula is C8H7BrClNO2. The highest BCUT2D eigenvalue weighted by atomic mass is 79.9. The van der Waals surface area contributed by atoms with Crippen LogP contribution in [0.15, 0.2) is 22.7 Å². The van der Waals surface area contributed by atoms with Crippen LogP contribution in [-0.2, 0) is 4.79 Å². The highest BCUT2D eigenvalue weighted by molar-refractivity contribution is 9.10. The van der Waals surface area contributed by atoms with Gasteiger partial charge in [0.25, 0.3) is 0 Å². The maximum Gasteiger partial charge on any atom is 0.326 e. The predicted molar refractivity (Wildman–Crippen MR) is 54.9 cm³/mol. The minimum atomic E-state index is -0.518. The predicted octanol–water partition coefficient (Wildman–Crippen LogP) is 2.18. The zero-order valence-electron chi connectivity index (χ0n) is 6.59. The summed E-state index contributed by atoms with van der Waals surface area (Å²) in [6, 6.07) is 4.98. The summed E-state index contributed by atoms with van der Waals surface area (Å²) in [5.74, 6) is -0.375. The summed E-state index contributed by atoms with van der Waals surface area (Å²) in [7, 11) is 0. The number of rotatable bonds is 2. The Kier molecular flexibility index (Phi) is 3.57. The molecule has 0 heterocycles. The van der Waals surface area contributed by atoms with Gasteiger partial charge in [-0.3, -0.25) is 4.79 Å². The normalized spacial score (nSPS) is 9.69. The van der Waals surface area contributed by atoms with Crippen molar-refractivity contribution in [3.05, 3.63) is 22.7 Å². The van der Waals surface area contributed by atoms with Gasteiger partial charge in [-0.25, -0.2) is 0 Å². The maximum atomic E-state index is 10.8. The molecule has 0 amide bonds. The van der Waals surface area contributed by atoms with Crippen molar-refractivity contribution in [2.45, 2.75) is 0 Å². The van der Waals surface area contributed by atoms with Crippen LogP contribution >= 0.6 is 27.5 Å². The van der Waals surface area contributed by atoms with Crippen molar-refractivity contribution in [3.63, 3.8) is 0 Å². The van der Waals surface area contributed by atoms with Gasteiger partial charge in [-0.1, -0.05) is 15.9 Å². The van der Waals surface area contributed by atoms with E-state index in [1.807, 2.05) is 0 Å². The summed E-state index contributed by atoms with van der Waals surface area (Å²) in [6.07, 6.45) is 0. The van der Waals surface area contributed by atoms with Gasteiger partial charge in [-0.15, -0.1) is 11.6 Å². The first kappa shape index (κ1) is 10.3. The van der Waals surface area contributed by atoms with Crippen LogP contribution in [0.4, 0.5) is 5.69 Å². The van der Waals surface area contributed by atoms with Gasteiger partial charge in [0.1, 0.15) is 5.88 Å². The number of benzene rings is 1. The largest absolute Gasteiger partial charge is 0.423 e. The van der Waals surface area contributed by atoms with E-state index in [-0.39, 0.29) is 5.88 Å². The van der Waals surface area contributed by atoms with E-state index in [0.29, 0.717) is 11.4 Å². The maximum absolute atomic E-state index is 10.8. The number of nitrogens with two attached hydrogens (primary N) is 1. The Morgan fingerprint density at radius 2 is 2.31 bits per heavy atom. The molecule has 0 atom stereocenters. The average molecular weight is 265 g/mol.